The van der Waals surface area contributed by atoms with Gasteiger partial charge in [0.1, 0.15) is 24.6 Å². The Bertz CT molecular complexity index is 598. The summed E-state index contributed by atoms with van der Waals surface area (Å²) in [6, 6.07) is 7.01. The van der Waals surface area contributed by atoms with Gasteiger partial charge in [0.05, 0.1) is 18.8 Å². The third kappa shape index (κ3) is 4.62. The Kier molecular flexibility index (Phi) is 6.64. The predicted octanol–water partition coefficient (Wildman–Crippen LogP) is 1.76. The SMILES string of the molecule is O=C(COc1cccc(C2O[C@H](CO)C[C@H](O)[C@@H]2O)c1)C1CCCCC1. The van der Waals surface area contributed by atoms with Crippen molar-refractivity contribution in [1.82, 2.24) is 0 Å². The summed E-state index contributed by atoms with van der Waals surface area (Å²) < 4.78 is 11.4. The number of ether oxygens (including phenoxy) is 2. The van der Waals surface area contributed by atoms with Gasteiger partial charge in [-0.15, -0.1) is 0 Å². The van der Waals surface area contributed by atoms with Crippen molar-refractivity contribution in [3.8, 4) is 5.75 Å². The van der Waals surface area contributed by atoms with Gasteiger partial charge in [0.2, 0.25) is 0 Å². The fourth-order valence-electron chi connectivity index (χ4n) is 3.83. The largest absolute Gasteiger partial charge is 0.486 e. The van der Waals surface area contributed by atoms with Gasteiger partial charge in [-0.1, -0.05) is 31.4 Å². The van der Waals surface area contributed by atoms with Gasteiger partial charge in [-0.2, -0.15) is 0 Å². The fourth-order valence-corrected chi connectivity index (χ4v) is 3.83. The molecular formula is C20H28O6. The Morgan fingerprint density at radius 1 is 1.19 bits per heavy atom. The highest BCUT2D eigenvalue weighted by Crippen LogP contribution is 2.33. The van der Waals surface area contributed by atoms with Crippen LogP contribution in [0.3, 0.4) is 0 Å². The van der Waals surface area contributed by atoms with Gasteiger partial charge >= 0.3 is 0 Å². The van der Waals surface area contributed by atoms with E-state index in [1.165, 1.54) is 6.42 Å². The van der Waals surface area contributed by atoms with Crippen LogP contribution in [0.2, 0.25) is 0 Å². The molecule has 1 saturated heterocycles. The Labute approximate surface area is 153 Å². The third-order valence-corrected chi connectivity index (χ3v) is 5.38. The minimum atomic E-state index is -1.07. The lowest BCUT2D eigenvalue weighted by atomic mass is 9.86. The molecule has 3 N–H and O–H groups in total. The number of Topliss-reactive ketones (excluding diaryl/α,β-unsaturated/α-hetero) is 1. The van der Waals surface area contributed by atoms with Crippen molar-refractivity contribution in [2.75, 3.05) is 13.2 Å². The van der Waals surface area contributed by atoms with Crippen LogP contribution in [0.4, 0.5) is 0 Å². The molecule has 6 heteroatoms. The highest BCUT2D eigenvalue weighted by atomic mass is 16.5. The number of ketones is 1. The van der Waals surface area contributed by atoms with Crippen LogP contribution >= 0.6 is 0 Å². The summed E-state index contributed by atoms with van der Waals surface area (Å²) in [5.74, 6) is 0.777. The first-order valence-electron chi connectivity index (χ1n) is 9.46. The maximum atomic E-state index is 12.3. The molecule has 1 heterocycles. The number of aliphatic hydroxyl groups is 3. The Balaban J connectivity index is 1.63. The minimum Gasteiger partial charge on any atom is -0.486 e. The van der Waals surface area contributed by atoms with Crippen LogP contribution in [-0.4, -0.2) is 52.6 Å². The van der Waals surface area contributed by atoms with Crippen LogP contribution in [0.25, 0.3) is 0 Å². The summed E-state index contributed by atoms with van der Waals surface area (Å²) in [6.07, 6.45) is 2.23. The van der Waals surface area contributed by atoms with E-state index in [-0.39, 0.29) is 31.3 Å². The second kappa shape index (κ2) is 8.95. The van der Waals surface area contributed by atoms with Crippen molar-refractivity contribution in [3.05, 3.63) is 29.8 Å². The van der Waals surface area contributed by atoms with Gasteiger partial charge in [0, 0.05) is 12.3 Å². The second-order valence-electron chi connectivity index (χ2n) is 7.32. The zero-order chi connectivity index (χ0) is 18.5. The molecule has 1 aliphatic heterocycles. The lowest BCUT2D eigenvalue weighted by Gasteiger charge is -2.36. The standard InChI is InChI=1S/C20H28O6/c21-11-16-10-17(22)19(24)20(26-16)14-7-4-8-15(9-14)25-12-18(23)13-5-2-1-3-6-13/h4,7-9,13,16-17,19-22,24H,1-3,5-6,10-12H2/t16-,17-,19-,20?/m0/s1. The smallest absolute Gasteiger partial charge is 0.173 e. The van der Waals surface area contributed by atoms with Gasteiger partial charge in [-0.25, -0.2) is 0 Å². The first-order chi connectivity index (χ1) is 12.6. The molecule has 0 aromatic heterocycles. The van der Waals surface area contributed by atoms with E-state index in [0.29, 0.717) is 11.3 Å². The molecule has 2 fully saturated rings. The molecule has 0 spiro atoms. The topological polar surface area (TPSA) is 96.2 Å². The van der Waals surface area contributed by atoms with E-state index in [1.54, 1.807) is 24.3 Å². The number of carbonyl (C=O) groups excluding carboxylic acids is 1. The van der Waals surface area contributed by atoms with Crippen LogP contribution in [0.1, 0.15) is 50.2 Å². The Morgan fingerprint density at radius 3 is 2.69 bits per heavy atom. The maximum absolute atomic E-state index is 12.3. The first-order valence-corrected chi connectivity index (χ1v) is 9.46. The Morgan fingerprint density at radius 2 is 1.96 bits per heavy atom. The minimum absolute atomic E-state index is 0.0457. The number of hydrogen-bond acceptors (Lipinski definition) is 6. The van der Waals surface area contributed by atoms with E-state index in [9.17, 15) is 20.1 Å². The third-order valence-electron chi connectivity index (χ3n) is 5.38. The van der Waals surface area contributed by atoms with Crippen LogP contribution in [0.15, 0.2) is 24.3 Å². The molecule has 0 bridgehead atoms. The normalized spacial score (nSPS) is 30.1. The van der Waals surface area contributed by atoms with E-state index in [1.807, 2.05) is 0 Å². The van der Waals surface area contributed by atoms with Crippen molar-refractivity contribution in [3.63, 3.8) is 0 Å². The zero-order valence-electron chi connectivity index (χ0n) is 14.9. The van der Waals surface area contributed by atoms with Crippen LogP contribution < -0.4 is 4.74 Å². The zero-order valence-corrected chi connectivity index (χ0v) is 14.9. The van der Waals surface area contributed by atoms with E-state index < -0.39 is 24.4 Å². The molecular weight excluding hydrogens is 336 g/mol. The molecule has 0 radical (unpaired) electrons. The molecule has 3 rings (SSSR count). The number of benzene rings is 1. The lowest BCUT2D eigenvalue weighted by Crippen LogP contribution is -2.44. The summed E-state index contributed by atoms with van der Waals surface area (Å²) in [4.78, 5) is 12.3. The molecule has 1 aromatic carbocycles. The van der Waals surface area contributed by atoms with Crippen molar-refractivity contribution >= 4 is 5.78 Å². The highest BCUT2D eigenvalue weighted by molar-refractivity contribution is 5.82. The number of hydrogen-bond donors (Lipinski definition) is 3. The summed E-state index contributed by atoms with van der Waals surface area (Å²) in [5, 5.41) is 29.5. The number of rotatable bonds is 6. The maximum Gasteiger partial charge on any atom is 0.173 e. The molecule has 26 heavy (non-hydrogen) atoms. The monoisotopic (exact) mass is 364 g/mol. The van der Waals surface area contributed by atoms with Gasteiger partial charge in [-0.3, -0.25) is 4.79 Å². The molecule has 6 nitrogen and oxygen atoms in total. The molecule has 4 atom stereocenters. The van der Waals surface area contributed by atoms with Crippen molar-refractivity contribution in [2.24, 2.45) is 5.92 Å². The summed E-state index contributed by atoms with van der Waals surface area (Å²) in [5.41, 5.74) is 0.650. The fraction of sp³-hybridized carbons (Fsp3) is 0.650. The average Bonchev–Trinajstić information content (AvgIpc) is 2.69. The quantitative estimate of drug-likeness (QED) is 0.712. The van der Waals surface area contributed by atoms with E-state index in [0.717, 1.165) is 25.7 Å². The first kappa shape index (κ1) is 19.3. The lowest BCUT2D eigenvalue weighted by molar-refractivity contribution is -0.179. The van der Waals surface area contributed by atoms with Crippen molar-refractivity contribution in [2.45, 2.75) is 62.9 Å². The van der Waals surface area contributed by atoms with Gasteiger partial charge in [0.25, 0.3) is 0 Å². The van der Waals surface area contributed by atoms with Gasteiger partial charge < -0.3 is 24.8 Å². The summed E-state index contributed by atoms with van der Waals surface area (Å²) in [7, 11) is 0. The molecule has 0 amide bonds. The number of carbonyl (C=O) groups is 1. The van der Waals surface area contributed by atoms with E-state index >= 15 is 0 Å². The second-order valence-corrected chi connectivity index (χ2v) is 7.32. The number of aliphatic hydroxyl groups excluding tert-OH is 3. The average molecular weight is 364 g/mol. The van der Waals surface area contributed by atoms with Crippen molar-refractivity contribution in [1.29, 1.82) is 0 Å². The van der Waals surface area contributed by atoms with Gasteiger partial charge in [-0.05, 0) is 30.5 Å². The molecule has 2 aliphatic rings. The molecule has 1 aromatic rings. The van der Waals surface area contributed by atoms with E-state index in [2.05, 4.69) is 0 Å². The molecule has 144 valence electrons. The summed E-state index contributed by atoms with van der Waals surface area (Å²) in [6.45, 7) is -0.170. The van der Waals surface area contributed by atoms with Gasteiger partial charge in [0.15, 0.2) is 5.78 Å². The van der Waals surface area contributed by atoms with Crippen LogP contribution in [-0.2, 0) is 9.53 Å². The molecule has 1 aliphatic carbocycles. The van der Waals surface area contributed by atoms with Crippen molar-refractivity contribution < 1.29 is 29.6 Å². The van der Waals surface area contributed by atoms with Crippen LogP contribution in [0.5, 0.6) is 5.75 Å². The van der Waals surface area contributed by atoms with Crippen LogP contribution in [0, 0.1) is 5.92 Å². The Hall–Kier alpha value is -1.47. The summed E-state index contributed by atoms with van der Waals surface area (Å²) >= 11 is 0. The molecule has 1 saturated carbocycles. The highest BCUT2D eigenvalue weighted by Gasteiger charge is 2.37. The van der Waals surface area contributed by atoms with E-state index in [4.69, 9.17) is 9.47 Å². The predicted molar refractivity (Wildman–Crippen MR) is 94.8 cm³/mol. The molecule has 1 unspecified atom stereocenters.